The molecule has 21 heavy (non-hydrogen) atoms. The number of amides is 2. The van der Waals surface area contributed by atoms with Crippen molar-refractivity contribution in [2.45, 2.75) is 45.7 Å². The zero-order valence-corrected chi connectivity index (χ0v) is 12.8. The summed E-state index contributed by atoms with van der Waals surface area (Å²) in [6.45, 7) is 4.04. The summed E-state index contributed by atoms with van der Waals surface area (Å²) in [6, 6.07) is 3.45. The van der Waals surface area contributed by atoms with Gasteiger partial charge in [0, 0.05) is 13.1 Å². The van der Waals surface area contributed by atoms with Crippen molar-refractivity contribution in [3.05, 3.63) is 24.2 Å². The second kappa shape index (κ2) is 8.34. The van der Waals surface area contributed by atoms with Crippen LogP contribution in [0, 0.1) is 5.92 Å². The van der Waals surface area contributed by atoms with Crippen LogP contribution in [0.15, 0.2) is 22.8 Å². The Morgan fingerprint density at radius 3 is 2.67 bits per heavy atom. The Bertz CT molecular complexity index is 445. The van der Waals surface area contributed by atoms with E-state index in [1.807, 2.05) is 13.0 Å². The SMILES string of the molecule is CC(CCCC(C)C(=O)O)NC(=O)N(C)Cc1ccco1. The van der Waals surface area contributed by atoms with E-state index in [1.165, 1.54) is 0 Å². The van der Waals surface area contributed by atoms with Gasteiger partial charge in [0.05, 0.1) is 18.7 Å². The van der Waals surface area contributed by atoms with Crippen molar-refractivity contribution >= 4 is 12.0 Å². The highest BCUT2D eigenvalue weighted by Crippen LogP contribution is 2.10. The molecule has 1 heterocycles. The maximum Gasteiger partial charge on any atom is 0.317 e. The van der Waals surface area contributed by atoms with Gasteiger partial charge in [-0.1, -0.05) is 13.3 Å². The summed E-state index contributed by atoms with van der Waals surface area (Å²) < 4.78 is 5.20. The molecule has 2 unspecified atom stereocenters. The van der Waals surface area contributed by atoms with Crippen LogP contribution >= 0.6 is 0 Å². The largest absolute Gasteiger partial charge is 0.481 e. The van der Waals surface area contributed by atoms with Gasteiger partial charge in [-0.2, -0.15) is 0 Å². The number of rotatable bonds is 8. The fraction of sp³-hybridized carbons (Fsp3) is 0.600. The molecule has 1 aromatic heterocycles. The number of hydrogen-bond acceptors (Lipinski definition) is 3. The molecule has 0 spiro atoms. The molecule has 2 N–H and O–H groups in total. The first-order valence-corrected chi connectivity index (χ1v) is 7.17. The molecule has 0 saturated carbocycles. The molecule has 118 valence electrons. The number of carboxylic acids is 1. The molecule has 0 saturated heterocycles. The number of carboxylic acid groups (broad SMARTS) is 1. The van der Waals surface area contributed by atoms with Crippen molar-refractivity contribution in [3.63, 3.8) is 0 Å². The number of carbonyl (C=O) groups excluding carboxylic acids is 1. The quantitative estimate of drug-likeness (QED) is 0.772. The summed E-state index contributed by atoms with van der Waals surface area (Å²) in [5.41, 5.74) is 0. The highest BCUT2D eigenvalue weighted by molar-refractivity contribution is 5.74. The summed E-state index contributed by atoms with van der Waals surface area (Å²) in [5.74, 6) is -0.380. The third-order valence-corrected chi connectivity index (χ3v) is 3.39. The Morgan fingerprint density at radius 2 is 2.10 bits per heavy atom. The van der Waals surface area contributed by atoms with Crippen molar-refractivity contribution in [2.75, 3.05) is 7.05 Å². The molecule has 0 aliphatic carbocycles. The highest BCUT2D eigenvalue weighted by atomic mass is 16.4. The molecule has 0 aromatic carbocycles. The molecule has 0 radical (unpaired) electrons. The molecule has 6 heteroatoms. The first-order valence-electron chi connectivity index (χ1n) is 7.17. The molecule has 0 aliphatic heterocycles. The zero-order valence-electron chi connectivity index (χ0n) is 12.8. The van der Waals surface area contributed by atoms with Gasteiger partial charge in [-0.05, 0) is 31.9 Å². The number of hydrogen-bond donors (Lipinski definition) is 2. The Morgan fingerprint density at radius 1 is 1.38 bits per heavy atom. The van der Waals surface area contributed by atoms with Gasteiger partial charge in [-0.25, -0.2) is 4.79 Å². The average molecular weight is 296 g/mol. The van der Waals surface area contributed by atoms with Crippen molar-refractivity contribution in [1.29, 1.82) is 0 Å². The van der Waals surface area contributed by atoms with E-state index >= 15 is 0 Å². The predicted molar refractivity (Wildman–Crippen MR) is 78.8 cm³/mol. The molecule has 2 amide bonds. The third kappa shape index (κ3) is 6.33. The summed E-state index contributed by atoms with van der Waals surface area (Å²) >= 11 is 0. The van der Waals surface area contributed by atoms with Crippen LogP contribution in [0.4, 0.5) is 4.79 Å². The fourth-order valence-electron chi connectivity index (χ4n) is 1.95. The monoisotopic (exact) mass is 296 g/mol. The summed E-state index contributed by atoms with van der Waals surface area (Å²) in [4.78, 5) is 24.2. The van der Waals surface area contributed by atoms with Gasteiger partial charge >= 0.3 is 12.0 Å². The van der Waals surface area contributed by atoms with E-state index < -0.39 is 5.97 Å². The molecular weight excluding hydrogens is 272 g/mol. The van der Waals surface area contributed by atoms with E-state index in [0.717, 1.165) is 18.6 Å². The lowest BCUT2D eigenvalue weighted by molar-refractivity contribution is -0.141. The Kier molecular flexibility index (Phi) is 6.78. The lowest BCUT2D eigenvalue weighted by Crippen LogP contribution is -2.41. The average Bonchev–Trinajstić information content (AvgIpc) is 2.91. The molecule has 6 nitrogen and oxygen atoms in total. The number of aliphatic carboxylic acids is 1. The standard InChI is InChI=1S/C15H24N2O4/c1-11(14(18)19)6-4-7-12(2)16-15(20)17(3)10-13-8-5-9-21-13/h5,8-9,11-12H,4,6-7,10H2,1-3H3,(H,16,20)(H,18,19). The summed E-state index contributed by atoms with van der Waals surface area (Å²) in [5, 5.41) is 11.7. The van der Waals surface area contributed by atoms with Crippen LogP contribution in [0.5, 0.6) is 0 Å². The molecule has 0 bridgehead atoms. The smallest absolute Gasteiger partial charge is 0.317 e. The van der Waals surface area contributed by atoms with Crippen LogP contribution in [-0.2, 0) is 11.3 Å². The van der Waals surface area contributed by atoms with Gasteiger partial charge in [0.1, 0.15) is 5.76 Å². The first kappa shape index (κ1) is 17.1. The molecule has 0 aliphatic rings. The maximum atomic E-state index is 12.0. The maximum absolute atomic E-state index is 12.0. The summed E-state index contributed by atoms with van der Waals surface area (Å²) in [6.07, 6.45) is 3.74. The Hall–Kier alpha value is -1.98. The van der Waals surface area contributed by atoms with Crippen LogP contribution in [0.3, 0.4) is 0 Å². The summed E-state index contributed by atoms with van der Waals surface area (Å²) in [7, 11) is 1.71. The highest BCUT2D eigenvalue weighted by Gasteiger charge is 2.15. The number of furan rings is 1. The molecule has 1 rings (SSSR count). The van der Waals surface area contributed by atoms with Gasteiger partial charge in [0.2, 0.25) is 0 Å². The van der Waals surface area contributed by atoms with Gasteiger partial charge in [-0.3, -0.25) is 4.79 Å². The minimum atomic E-state index is -0.773. The van der Waals surface area contributed by atoms with Gasteiger partial charge in [-0.15, -0.1) is 0 Å². The van der Waals surface area contributed by atoms with E-state index in [-0.39, 0.29) is 18.0 Å². The van der Waals surface area contributed by atoms with Crippen LogP contribution < -0.4 is 5.32 Å². The van der Waals surface area contributed by atoms with Crippen molar-refractivity contribution in [3.8, 4) is 0 Å². The van der Waals surface area contributed by atoms with Crippen molar-refractivity contribution < 1.29 is 19.1 Å². The van der Waals surface area contributed by atoms with Crippen LogP contribution in [0.1, 0.15) is 38.9 Å². The van der Waals surface area contributed by atoms with Crippen molar-refractivity contribution in [2.24, 2.45) is 5.92 Å². The van der Waals surface area contributed by atoms with Crippen LogP contribution in [0.2, 0.25) is 0 Å². The molecular formula is C15H24N2O4. The van der Waals surface area contributed by atoms with Gasteiger partial charge < -0.3 is 19.7 Å². The lowest BCUT2D eigenvalue weighted by atomic mass is 10.0. The zero-order chi connectivity index (χ0) is 15.8. The van der Waals surface area contributed by atoms with E-state index in [9.17, 15) is 9.59 Å². The number of nitrogens with one attached hydrogen (secondary N) is 1. The normalized spacial score (nSPS) is 13.5. The minimum Gasteiger partial charge on any atom is -0.481 e. The number of nitrogens with zero attached hydrogens (tertiary/aromatic N) is 1. The Labute approximate surface area is 125 Å². The van der Waals surface area contributed by atoms with E-state index in [0.29, 0.717) is 13.0 Å². The topological polar surface area (TPSA) is 82.8 Å². The van der Waals surface area contributed by atoms with Crippen molar-refractivity contribution in [1.82, 2.24) is 10.2 Å². The third-order valence-electron chi connectivity index (χ3n) is 3.39. The second-order valence-corrected chi connectivity index (χ2v) is 5.46. The van der Waals surface area contributed by atoms with E-state index in [2.05, 4.69) is 5.32 Å². The molecule has 2 atom stereocenters. The number of carbonyl (C=O) groups is 2. The first-order chi connectivity index (χ1) is 9.90. The van der Waals surface area contributed by atoms with E-state index in [1.54, 1.807) is 31.2 Å². The Balaban J connectivity index is 2.25. The fourth-order valence-corrected chi connectivity index (χ4v) is 1.95. The number of urea groups is 1. The predicted octanol–water partition coefficient (Wildman–Crippen LogP) is 2.70. The van der Waals surface area contributed by atoms with Crippen LogP contribution in [-0.4, -0.2) is 35.1 Å². The van der Waals surface area contributed by atoms with Gasteiger partial charge in [0.15, 0.2) is 0 Å². The molecule has 0 fully saturated rings. The minimum absolute atomic E-state index is 0.0116. The van der Waals surface area contributed by atoms with E-state index in [4.69, 9.17) is 9.52 Å². The second-order valence-electron chi connectivity index (χ2n) is 5.46. The molecule has 1 aromatic rings. The van der Waals surface area contributed by atoms with Crippen LogP contribution in [0.25, 0.3) is 0 Å². The lowest BCUT2D eigenvalue weighted by Gasteiger charge is -2.20. The van der Waals surface area contributed by atoms with Gasteiger partial charge in [0.25, 0.3) is 0 Å².